The van der Waals surface area contributed by atoms with E-state index in [4.69, 9.17) is 0 Å². The SMILES string of the molecule is O=S(=O)(CC1=NCCS1)c1c[nH]cc1-c1ccccc1. The predicted molar refractivity (Wildman–Crippen MR) is 83.0 cm³/mol. The van der Waals surface area contributed by atoms with Crippen LogP contribution in [0.1, 0.15) is 0 Å². The van der Waals surface area contributed by atoms with Gasteiger partial charge in [-0.25, -0.2) is 8.42 Å². The van der Waals surface area contributed by atoms with E-state index in [-0.39, 0.29) is 5.75 Å². The van der Waals surface area contributed by atoms with E-state index in [0.29, 0.717) is 22.0 Å². The molecular weight excluding hydrogens is 292 g/mol. The number of rotatable bonds is 4. The van der Waals surface area contributed by atoms with Crippen molar-refractivity contribution in [3.63, 3.8) is 0 Å². The molecule has 0 bridgehead atoms. The first-order chi connectivity index (χ1) is 9.67. The zero-order valence-corrected chi connectivity index (χ0v) is 12.4. The van der Waals surface area contributed by atoms with Crippen LogP contribution in [0.15, 0.2) is 52.6 Å². The highest BCUT2D eigenvalue weighted by atomic mass is 32.2. The molecule has 0 atom stereocenters. The fourth-order valence-electron chi connectivity index (χ4n) is 2.16. The Morgan fingerprint density at radius 3 is 2.70 bits per heavy atom. The first-order valence-corrected chi connectivity index (χ1v) is 8.92. The smallest absolute Gasteiger partial charge is 0.186 e. The molecule has 1 aromatic heterocycles. The number of nitrogens with zero attached hydrogens (tertiary/aromatic N) is 1. The standard InChI is InChI=1S/C14H14N2O2S2/c17-20(18,10-14-16-6-7-19-14)13-9-15-8-12(13)11-4-2-1-3-5-11/h1-5,8-9,15H,6-7,10H2. The lowest BCUT2D eigenvalue weighted by molar-refractivity contribution is 0.600. The first-order valence-electron chi connectivity index (χ1n) is 6.28. The highest BCUT2D eigenvalue weighted by Gasteiger charge is 2.24. The van der Waals surface area contributed by atoms with Crippen LogP contribution in [0.2, 0.25) is 0 Å². The molecule has 0 saturated heterocycles. The van der Waals surface area contributed by atoms with Crippen LogP contribution in [0.5, 0.6) is 0 Å². The third kappa shape index (κ3) is 2.66. The summed E-state index contributed by atoms with van der Waals surface area (Å²) in [5, 5.41) is 0.713. The zero-order chi connectivity index (χ0) is 14.0. The Hall–Kier alpha value is -1.53. The molecule has 0 unspecified atom stereocenters. The lowest BCUT2D eigenvalue weighted by atomic mass is 10.1. The largest absolute Gasteiger partial charge is 0.366 e. The Bertz CT molecular complexity index is 734. The molecular formula is C14H14N2O2S2. The predicted octanol–water partition coefficient (Wildman–Crippen LogP) is 2.60. The lowest BCUT2D eigenvalue weighted by Gasteiger charge is -2.06. The van der Waals surface area contributed by atoms with E-state index in [0.717, 1.165) is 11.3 Å². The van der Waals surface area contributed by atoms with Gasteiger partial charge in [-0.15, -0.1) is 11.8 Å². The molecule has 20 heavy (non-hydrogen) atoms. The molecule has 1 N–H and O–H groups in total. The molecule has 0 radical (unpaired) electrons. The van der Waals surface area contributed by atoms with Gasteiger partial charge in [0, 0.05) is 30.3 Å². The summed E-state index contributed by atoms with van der Waals surface area (Å²) in [4.78, 5) is 7.47. The highest BCUT2D eigenvalue weighted by molar-refractivity contribution is 8.15. The molecule has 0 amide bonds. The molecule has 0 spiro atoms. The molecule has 104 valence electrons. The number of nitrogens with one attached hydrogen (secondary N) is 1. The molecule has 0 saturated carbocycles. The highest BCUT2D eigenvalue weighted by Crippen LogP contribution is 2.28. The van der Waals surface area contributed by atoms with Crippen molar-refractivity contribution >= 4 is 26.6 Å². The van der Waals surface area contributed by atoms with Gasteiger partial charge in [-0.2, -0.15) is 0 Å². The molecule has 0 aliphatic carbocycles. The van der Waals surface area contributed by atoms with E-state index in [9.17, 15) is 8.42 Å². The Labute approximate surface area is 122 Å². The van der Waals surface area contributed by atoms with Gasteiger partial charge in [-0.1, -0.05) is 30.3 Å². The second-order valence-corrected chi connectivity index (χ2v) is 7.61. The fraction of sp³-hybridized carbons (Fsp3) is 0.214. The summed E-state index contributed by atoms with van der Waals surface area (Å²) < 4.78 is 25.1. The van der Waals surface area contributed by atoms with Crippen molar-refractivity contribution in [2.24, 2.45) is 4.99 Å². The first kappa shape index (κ1) is 13.5. The number of sulfone groups is 1. The summed E-state index contributed by atoms with van der Waals surface area (Å²) in [6.07, 6.45) is 3.28. The molecule has 6 heteroatoms. The maximum Gasteiger partial charge on any atom is 0.186 e. The van der Waals surface area contributed by atoms with Crippen molar-refractivity contribution in [2.45, 2.75) is 4.90 Å². The number of H-pyrrole nitrogens is 1. The van der Waals surface area contributed by atoms with Gasteiger partial charge in [0.1, 0.15) is 5.75 Å². The molecule has 2 heterocycles. The number of benzene rings is 1. The van der Waals surface area contributed by atoms with E-state index in [1.165, 1.54) is 11.8 Å². The normalized spacial score (nSPS) is 15.3. The van der Waals surface area contributed by atoms with Crippen LogP contribution in [0.4, 0.5) is 0 Å². The van der Waals surface area contributed by atoms with E-state index in [1.54, 1.807) is 12.4 Å². The fourth-order valence-corrected chi connectivity index (χ4v) is 4.89. The van der Waals surface area contributed by atoms with Crippen LogP contribution in [0.25, 0.3) is 11.1 Å². The number of hydrogen-bond acceptors (Lipinski definition) is 4. The summed E-state index contributed by atoms with van der Waals surface area (Å²) in [5.41, 5.74) is 1.61. The quantitative estimate of drug-likeness (QED) is 0.944. The Morgan fingerprint density at radius 1 is 1.20 bits per heavy atom. The van der Waals surface area contributed by atoms with Crippen molar-refractivity contribution in [1.82, 2.24) is 4.98 Å². The number of aliphatic imine (C=N–C) groups is 1. The van der Waals surface area contributed by atoms with E-state index in [2.05, 4.69) is 9.98 Å². The lowest BCUT2D eigenvalue weighted by Crippen LogP contribution is -2.13. The van der Waals surface area contributed by atoms with Gasteiger partial charge < -0.3 is 4.98 Å². The molecule has 2 aromatic rings. The number of hydrogen-bond donors (Lipinski definition) is 1. The Kier molecular flexibility index (Phi) is 3.67. The van der Waals surface area contributed by atoms with Crippen molar-refractivity contribution < 1.29 is 8.42 Å². The van der Waals surface area contributed by atoms with Gasteiger partial charge in [-0.3, -0.25) is 4.99 Å². The maximum absolute atomic E-state index is 12.5. The van der Waals surface area contributed by atoms with Crippen LogP contribution >= 0.6 is 11.8 Å². The van der Waals surface area contributed by atoms with Gasteiger partial charge in [0.2, 0.25) is 0 Å². The van der Waals surface area contributed by atoms with Gasteiger partial charge in [-0.05, 0) is 5.56 Å². The summed E-state index contributed by atoms with van der Waals surface area (Å²) >= 11 is 1.53. The topological polar surface area (TPSA) is 62.3 Å². The van der Waals surface area contributed by atoms with Crippen molar-refractivity contribution in [3.8, 4) is 11.1 Å². The molecule has 0 fully saturated rings. The molecule has 4 nitrogen and oxygen atoms in total. The van der Waals surface area contributed by atoms with Crippen molar-refractivity contribution in [3.05, 3.63) is 42.7 Å². The van der Waals surface area contributed by atoms with E-state index >= 15 is 0 Å². The van der Waals surface area contributed by atoms with Gasteiger partial charge in [0.15, 0.2) is 9.84 Å². The molecule has 1 aliphatic rings. The number of aromatic amines is 1. The number of aromatic nitrogens is 1. The Morgan fingerprint density at radius 2 is 2.00 bits per heavy atom. The zero-order valence-electron chi connectivity index (χ0n) is 10.7. The average Bonchev–Trinajstić information content (AvgIpc) is 3.09. The Balaban J connectivity index is 1.97. The average molecular weight is 306 g/mol. The van der Waals surface area contributed by atoms with Crippen LogP contribution in [-0.4, -0.2) is 36.5 Å². The van der Waals surface area contributed by atoms with Crippen LogP contribution in [0, 0.1) is 0 Å². The minimum absolute atomic E-state index is 0.00461. The van der Waals surface area contributed by atoms with Crippen LogP contribution in [0.3, 0.4) is 0 Å². The number of thioether (sulfide) groups is 1. The monoisotopic (exact) mass is 306 g/mol. The third-order valence-electron chi connectivity index (χ3n) is 3.09. The van der Waals surface area contributed by atoms with Crippen LogP contribution < -0.4 is 0 Å². The minimum atomic E-state index is -3.36. The summed E-state index contributed by atoms with van der Waals surface area (Å²) in [6.45, 7) is 0.716. The second-order valence-electron chi connectivity index (χ2n) is 4.48. The van der Waals surface area contributed by atoms with Crippen molar-refractivity contribution in [1.29, 1.82) is 0 Å². The van der Waals surface area contributed by atoms with Gasteiger partial charge in [0.05, 0.1) is 9.94 Å². The molecule has 1 aromatic carbocycles. The molecule has 3 rings (SSSR count). The third-order valence-corrected chi connectivity index (χ3v) is 5.93. The van der Waals surface area contributed by atoms with E-state index < -0.39 is 9.84 Å². The summed E-state index contributed by atoms with van der Waals surface area (Å²) in [7, 11) is -3.36. The second kappa shape index (κ2) is 5.46. The van der Waals surface area contributed by atoms with E-state index in [1.807, 2.05) is 30.3 Å². The minimum Gasteiger partial charge on any atom is -0.366 e. The summed E-state index contributed by atoms with van der Waals surface area (Å²) in [5.74, 6) is 0.874. The van der Waals surface area contributed by atoms with Gasteiger partial charge >= 0.3 is 0 Å². The van der Waals surface area contributed by atoms with Gasteiger partial charge in [0.25, 0.3) is 0 Å². The van der Waals surface area contributed by atoms with Crippen molar-refractivity contribution in [2.75, 3.05) is 18.1 Å². The molecule has 1 aliphatic heterocycles. The maximum atomic E-state index is 12.5. The summed E-state index contributed by atoms with van der Waals surface area (Å²) in [6, 6.07) is 9.52. The van der Waals surface area contributed by atoms with Crippen LogP contribution in [-0.2, 0) is 9.84 Å².